The van der Waals surface area contributed by atoms with Crippen molar-refractivity contribution >= 4 is 0 Å². The SMILES string of the molecule is C.C.CCC.CCCC.CCN. The van der Waals surface area contributed by atoms with Gasteiger partial charge in [0.2, 0.25) is 0 Å². The summed E-state index contributed by atoms with van der Waals surface area (Å²) in [7, 11) is 0. The normalized spacial score (nSPS) is 5.50. The minimum Gasteiger partial charge on any atom is -0.331 e. The summed E-state index contributed by atoms with van der Waals surface area (Å²) in [6.07, 6.45) is 3.89. The molecule has 0 heterocycles. The third kappa shape index (κ3) is 868. The Morgan fingerprint density at radius 1 is 0.750 bits per heavy atom. The standard InChI is InChI=1S/C4H10.C3H8.C2H7N.2CH4/c1-3-4-2;1-3-2;1-2-3;;/h3-4H2,1-2H3;3H2,1-2H3;2-3H2,1H3;2*1H4. The van der Waals surface area contributed by atoms with E-state index in [4.69, 9.17) is 5.73 Å². The van der Waals surface area contributed by atoms with Crippen LogP contribution >= 0.6 is 0 Å². The van der Waals surface area contributed by atoms with Gasteiger partial charge in [0.05, 0.1) is 0 Å². The minimum atomic E-state index is 0. The fourth-order valence-electron chi connectivity index (χ4n) is 0. The summed E-state index contributed by atoms with van der Waals surface area (Å²) in [6.45, 7) is 11.3. The Balaban J connectivity index is -0.0000000191. The van der Waals surface area contributed by atoms with E-state index in [2.05, 4.69) is 27.7 Å². The molecule has 0 aliphatic rings. The van der Waals surface area contributed by atoms with E-state index in [0.717, 1.165) is 6.54 Å². The molecule has 0 aliphatic carbocycles. The molecule has 0 amide bonds. The van der Waals surface area contributed by atoms with Crippen LogP contribution in [0.15, 0.2) is 0 Å². The van der Waals surface area contributed by atoms with E-state index in [9.17, 15) is 0 Å². The second-order valence-corrected chi connectivity index (χ2v) is 2.12. The van der Waals surface area contributed by atoms with Crippen LogP contribution in [-0.4, -0.2) is 6.54 Å². The van der Waals surface area contributed by atoms with Crippen molar-refractivity contribution in [2.75, 3.05) is 6.54 Å². The molecule has 0 spiro atoms. The molecule has 0 aliphatic heterocycles. The highest BCUT2D eigenvalue weighted by molar-refractivity contribution is 4.12. The quantitative estimate of drug-likeness (QED) is 0.632. The first-order chi connectivity index (χ1) is 4.74. The predicted octanol–water partition coefficient (Wildman–Crippen LogP) is 4.46. The molecule has 82 valence electrons. The fraction of sp³-hybridized carbons (Fsp3) is 1.00. The minimum absolute atomic E-state index is 0. The molecule has 0 fully saturated rings. The molecule has 0 saturated heterocycles. The molecule has 1 nitrogen and oxygen atoms in total. The lowest BCUT2D eigenvalue weighted by atomic mass is 10.4. The van der Waals surface area contributed by atoms with Gasteiger partial charge in [-0.3, -0.25) is 0 Å². The van der Waals surface area contributed by atoms with E-state index < -0.39 is 0 Å². The molecule has 0 aromatic heterocycles. The van der Waals surface area contributed by atoms with E-state index in [1.54, 1.807) is 0 Å². The Morgan fingerprint density at radius 3 is 0.833 bits per heavy atom. The third-order valence-electron chi connectivity index (χ3n) is 0.500. The molecular formula is C11H33N. The lowest BCUT2D eigenvalue weighted by Gasteiger charge is -1.68. The Bertz CT molecular complexity index is 17.0. The Hall–Kier alpha value is -0.0400. The van der Waals surface area contributed by atoms with Gasteiger partial charge in [-0.25, -0.2) is 0 Å². The van der Waals surface area contributed by atoms with Crippen molar-refractivity contribution in [3.8, 4) is 0 Å². The highest BCUT2D eigenvalue weighted by atomic mass is 14.5. The van der Waals surface area contributed by atoms with Crippen LogP contribution in [-0.2, 0) is 0 Å². The Kier molecular flexibility index (Phi) is 171. The summed E-state index contributed by atoms with van der Waals surface area (Å²) in [5, 5.41) is 0. The van der Waals surface area contributed by atoms with Gasteiger partial charge in [0.1, 0.15) is 0 Å². The summed E-state index contributed by atoms with van der Waals surface area (Å²) in [4.78, 5) is 0. The maximum Gasteiger partial charge on any atom is -0.0106 e. The van der Waals surface area contributed by atoms with Crippen LogP contribution in [0.2, 0.25) is 0 Å². The lowest BCUT2D eigenvalue weighted by molar-refractivity contribution is 0.886. The number of rotatable bonds is 1. The van der Waals surface area contributed by atoms with Gasteiger partial charge in [-0.05, 0) is 6.54 Å². The molecule has 1 heteroatoms. The van der Waals surface area contributed by atoms with Gasteiger partial charge >= 0.3 is 0 Å². The molecular weight excluding hydrogens is 146 g/mol. The summed E-state index contributed by atoms with van der Waals surface area (Å²) >= 11 is 0. The van der Waals surface area contributed by atoms with Crippen molar-refractivity contribution in [2.45, 2.75) is 68.7 Å². The highest BCUT2D eigenvalue weighted by Crippen LogP contribution is 1.76. The van der Waals surface area contributed by atoms with Crippen molar-refractivity contribution in [3.05, 3.63) is 0 Å². The van der Waals surface area contributed by atoms with Crippen LogP contribution in [0, 0.1) is 0 Å². The topological polar surface area (TPSA) is 26.0 Å². The smallest absolute Gasteiger partial charge is 0.0106 e. The zero-order valence-corrected chi connectivity index (χ0v) is 8.41. The molecule has 0 unspecified atom stereocenters. The Labute approximate surface area is 81.8 Å². The van der Waals surface area contributed by atoms with Gasteiger partial charge in [0.15, 0.2) is 0 Å². The van der Waals surface area contributed by atoms with Gasteiger partial charge in [-0.2, -0.15) is 0 Å². The van der Waals surface area contributed by atoms with Gasteiger partial charge in [-0.15, -0.1) is 0 Å². The average Bonchev–Trinajstić information content (AvgIpc) is 1.91. The lowest BCUT2D eigenvalue weighted by Crippen LogP contribution is -1.87. The monoisotopic (exact) mass is 179 g/mol. The molecule has 0 aromatic rings. The third-order valence-corrected chi connectivity index (χ3v) is 0.500. The zero-order valence-electron chi connectivity index (χ0n) is 8.41. The van der Waals surface area contributed by atoms with Crippen LogP contribution < -0.4 is 5.73 Å². The van der Waals surface area contributed by atoms with Gasteiger partial charge in [0, 0.05) is 0 Å². The van der Waals surface area contributed by atoms with Crippen LogP contribution in [0.3, 0.4) is 0 Å². The number of unbranched alkanes of at least 4 members (excludes halogenated alkanes) is 1. The molecule has 2 N–H and O–H groups in total. The first kappa shape index (κ1) is 29.7. The number of hydrogen-bond donors (Lipinski definition) is 1. The van der Waals surface area contributed by atoms with Crippen molar-refractivity contribution in [3.63, 3.8) is 0 Å². The largest absolute Gasteiger partial charge is 0.331 e. The van der Waals surface area contributed by atoms with E-state index in [1.165, 1.54) is 19.3 Å². The molecule has 0 atom stereocenters. The molecule has 0 rings (SSSR count). The first-order valence-electron chi connectivity index (χ1n) is 4.44. The Morgan fingerprint density at radius 2 is 0.833 bits per heavy atom. The molecule has 0 aromatic carbocycles. The zero-order chi connectivity index (χ0) is 8.83. The summed E-state index contributed by atoms with van der Waals surface area (Å²) in [5.41, 5.74) is 4.85. The first-order valence-corrected chi connectivity index (χ1v) is 4.44. The second kappa shape index (κ2) is 69.3. The van der Waals surface area contributed by atoms with Gasteiger partial charge in [0.25, 0.3) is 0 Å². The number of nitrogens with two attached hydrogens (primary N) is 1. The summed E-state index contributed by atoms with van der Waals surface area (Å²) in [5.74, 6) is 0. The summed E-state index contributed by atoms with van der Waals surface area (Å²) < 4.78 is 0. The van der Waals surface area contributed by atoms with Crippen LogP contribution in [0.5, 0.6) is 0 Å². The fourth-order valence-corrected chi connectivity index (χ4v) is 0. The van der Waals surface area contributed by atoms with E-state index in [0.29, 0.717) is 0 Å². The van der Waals surface area contributed by atoms with Gasteiger partial charge in [-0.1, -0.05) is 68.7 Å². The summed E-state index contributed by atoms with van der Waals surface area (Å²) in [6, 6.07) is 0. The predicted molar refractivity (Wildman–Crippen MR) is 64.7 cm³/mol. The van der Waals surface area contributed by atoms with E-state index >= 15 is 0 Å². The van der Waals surface area contributed by atoms with Crippen LogP contribution in [0.25, 0.3) is 0 Å². The van der Waals surface area contributed by atoms with Crippen molar-refractivity contribution in [1.82, 2.24) is 0 Å². The van der Waals surface area contributed by atoms with Crippen molar-refractivity contribution in [1.29, 1.82) is 0 Å². The van der Waals surface area contributed by atoms with Crippen molar-refractivity contribution < 1.29 is 0 Å². The van der Waals surface area contributed by atoms with E-state index in [-0.39, 0.29) is 14.9 Å². The van der Waals surface area contributed by atoms with Gasteiger partial charge < -0.3 is 5.73 Å². The molecule has 0 radical (unpaired) electrons. The second-order valence-electron chi connectivity index (χ2n) is 2.12. The average molecular weight is 179 g/mol. The maximum atomic E-state index is 4.85. The molecule has 0 saturated carbocycles. The van der Waals surface area contributed by atoms with Crippen molar-refractivity contribution in [2.24, 2.45) is 5.73 Å². The van der Waals surface area contributed by atoms with Crippen LogP contribution in [0.4, 0.5) is 0 Å². The number of hydrogen-bond acceptors (Lipinski definition) is 1. The highest BCUT2D eigenvalue weighted by Gasteiger charge is 1.56. The van der Waals surface area contributed by atoms with E-state index in [1.807, 2.05) is 6.92 Å². The maximum absolute atomic E-state index is 4.85. The van der Waals surface area contributed by atoms with Crippen LogP contribution in [0.1, 0.15) is 68.7 Å². The molecule has 12 heavy (non-hydrogen) atoms. The molecule has 0 bridgehead atoms.